The molecule has 0 N–H and O–H groups in total. The summed E-state index contributed by atoms with van der Waals surface area (Å²) in [5.41, 5.74) is 0. The van der Waals surface area contributed by atoms with E-state index in [0.717, 1.165) is 4.31 Å². The van der Waals surface area contributed by atoms with Gasteiger partial charge in [0.25, 0.3) is 0 Å². The van der Waals surface area contributed by atoms with Crippen molar-refractivity contribution in [1.29, 1.82) is 0 Å². The molecule has 7 heteroatoms. The van der Waals surface area contributed by atoms with Gasteiger partial charge in [0.2, 0.25) is 0 Å². The van der Waals surface area contributed by atoms with Gasteiger partial charge in [0, 0.05) is 32.3 Å². The van der Waals surface area contributed by atoms with Crippen molar-refractivity contribution in [2.75, 3.05) is 28.3 Å². The molecule has 0 saturated heterocycles. The van der Waals surface area contributed by atoms with Gasteiger partial charge < -0.3 is 13.7 Å². The minimum atomic E-state index is -3.78. The molecule has 17 heavy (non-hydrogen) atoms. The zero-order valence-electron chi connectivity index (χ0n) is 10.1. The van der Waals surface area contributed by atoms with Crippen molar-refractivity contribution in [2.45, 2.75) is 0 Å². The van der Waals surface area contributed by atoms with E-state index >= 15 is 0 Å². The first-order valence-electron chi connectivity index (χ1n) is 4.74. The quantitative estimate of drug-likeness (QED) is 0.787. The van der Waals surface area contributed by atoms with Crippen LogP contribution in [0.2, 0.25) is 0 Å². The number of benzene rings is 1. The first kappa shape index (κ1) is 13.6. The lowest BCUT2D eigenvalue weighted by molar-refractivity contribution is 0.385. The van der Waals surface area contributed by atoms with Gasteiger partial charge in [-0.15, -0.1) is 0 Å². The van der Waals surface area contributed by atoms with Gasteiger partial charge in [-0.1, -0.05) is 0 Å². The molecule has 0 radical (unpaired) electrons. The molecule has 1 aromatic carbocycles. The Kier molecular flexibility index (Phi) is 4.19. The number of hydrogen-bond donors (Lipinski definition) is 0. The maximum absolute atomic E-state index is 11.5. The molecule has 6 nitrogen and oxygen atoms in total. The highest BCUT2D eigenvalue weighted by atomic mass is 32.2. The fourth-order valence-electron chi connectivity index (χ4n) is 1.03. The zero-order valence-corrected chi connectivity index (χ0v) is 10.9. The summed E-state index contributed by atoms with van der Waals surface area (Å²) in [6.45, 7) is 0. The Morgan fingerprint density at radius 1 is 0.941 bits per heavy atom. The second-order valence-electron chi connectivity index (χ2n) is 3.37. The van der Waals surface area contributed by atoms with Crippen molar-refractivity contribution >= 4 is 10.3 Å². The van der Waals surface area contributed by atoms with Crippen LogP contribution in [0, 0.1) is 0 Å². The van der Waals surface area contributed by atoms with E-state index in [0.29, 0.717) is 11.5 Å². The van der Waals surface area contributed by atoms with Crippen LogP contribution in [-0.4, -0.2) is 41.0 Å². The van der Waals surface area contributed by atoms with Crippen molar-refractivity contribution in [2.24, 2.45) is 0 Å². The molecule has 0 amide bonds. The molecular formula is C10H15NO5S. The van der Waals surface area contributed by atoms with Crippen molar-refractivity contribution in [3.8, 4) is 17.2 Å². The van der Waals surface area contributed by atoms with E-state index in [2.05, 4.69) is 0 Å². The van der Waals surface area contributed by atoms with Crippen molar-refractivity contribution < 1.29 is 22.1 Å². The predicted octanol–water partition coefficient (Wildman–Crippen LogP) is 0.889. The number of hydrogen-bond acceptors (Lipinski definition) is 5. The second-order valence-corrected chi connectivity index (χ2v) is 5.12. The summed E-state index contributed by atoms with van der Waals surface area (Å²) >= 11 is 0. The summed E-state index contributed by atoms with van der Waals surface area (Å²) in [5, 5.41) is 0. The van der Waals surface area contributed by atoms with Gasteiger partial charge in [-0.2, -0.15) is 12.7 Å². The molecule has 0 bridgehead atoms. The lowest BCUT2D eigenvalue weighted by Crippen LogP contribution is -2.27. The third-order valence-corrected chi connectivity index (χ3v) is 3.27. The average Bonchev–Trinajstić information content (AvgIpc) is 2.27. The Labute approximate surface area is 101 Å². The molecule has 1 aromatic rings. The number of methoxy groups -OCH3 is 2. The fraction of sp³-hybridized carbons (Fsp3) is 0.400. The Morgan fingerprint density at radius 3 is 1.71 bits per heavy atom. The first-order chi connectivity index (χ1) is 7.89. The van der Waals surface area contributed by atoms with Crippen LogP contribution in [-0.2, 0) is 10.3 Å². The molecule has 0 aliphatic rings. The highest BCUT2D eigenvalue weighted by molar-refractivity contribution is 7.84. The van der Waals surface area contributed by atoms with Crippen LogP contribution >= 0.6 is 0 Å². The topological polar surface area (TPSA) is 65.1 Å². The molecule has 1 rings (SSSR count). The molecule has 0 fully saturated rings. The molecule has 0 aromatic heterocycles. The third-order valence-electron chi connectivity index (χ3n) is 1.97. The van der Waals surface area contributed by atoms with E-state index in [1.165, 1.54) is 40.4 Å². The highest BCUT2D eigenvalue weighted by Crippen LogP contribution is 2.28. The molecule has 0 aliphatic heterocycles. The molecule has 96 valence electrons. The summed E-state index contributed by atoms with van der Waals surface area (Å²) in [6.07, 6.45) is 0. The van der Waals surface area contributed by atoms with E-state index in [-0.39, 0.29) is 5.75 Å². The Balaban J connectivity index is 3.06. The Hall–Kier alpha value is -1.47. The van der Waals surface area contributed by atoms with Crippen molar-refractivity contribution in [1.82, 2.24) is 4.31 Å². The number of nitrogens with zero attached hydrogens (tertiary/aromatic N) is 1. The van der Waals surface area contributed by atoms with Crippen molar-refractivity contribution in [3.05, 3.63) is 18.2 Å². The monoisotopic (exact) mass is 261 g/mol. The third kappa shape index (κ3) is 3.50. The van der Waals surface area contributed by atoms with Crippen LogP contribution in [0.25, 0.3) is 0 Å². The lowest BCUT2D eigenvalue weighted by Gasteiger charge is -2.13. The van der Waals surface area contributed by atoms with Gasteiger partial charge in [0.1, 0.15) is 11.5 Å². The maximum Gasteiger partial charge on any atom is 0.384 e. The van der Waals surface area contributed by atoms with Gasteiger partial charge in [-0.3, -0.25) is 0 Å². The molecule has 0 unspecified atom stereocenters. The zero-order chi connectivity index (χ0) is 13.1. The SMILES string of the molecule is COc1cc(OC)cc(OS(=O)(=O)N(C)C)c1. The Morgan fingerprint density at radius 2 is 1.35 bits per heavy atom. The van der Waals surface area contributed by atoms with Crippen LogP contribution in [0.15, 0.2) is 18.2 Å². The number of ether oxygens (including phenoxy) is 2. The van der Waals surface area contributed by atoms with E-state index in [1.807, 2.05) is 0 Å². The molecule has 0 atom stereocenters. The van der Waals surface area contributed by atoms with E-state index < -0.39 is 10.3 Å². The maximum atomic E-state index is 11.5. The van der Waals surface area contributed by atoms with Crippen LogP contribution in [0.5, 0.6) is 17.2 Å². The fourth-order valence-corrected chi connectivity index (χ4v) is 1.51. The van der Waals surface area contributed by atoms with Gasteiger partial charge in [0.05, 0.1) is 14.2 Å². The summed E-state index contributed by atoms with van der Waals surface area (Å²) < 4.78 is 38.9. The molecular weight excluding hydrogens is 246 g/mol. The second kappa shape index (κ2) is 5.24. The molecule has 0 spiro atoms. The lowest BCUT2D eigenvalue weighted by atomic mass is 10.3. The standard InChI is InChI=1S/C10H15NO5S/c1-11(2)17(12,13)16-10-6-8(14-3)5-9(7-10)15-4/h5-7H,1-4H3. The minimum Gasteiger partial charge on any atom is -0.496 e. The summed E-state index contributed by atoms with van der Waals surface area (Å²) in [7, 11) is 1.93. The van der Waals surface area contributed by atoms with E-state index in [4.69, 9.17) is 13.7 Å². The van der Waals surface area contributed by atoms with Crippen LogP contribution < -0.4 is 13.7 Å². The highest BCUT2D eigenvalue weighted by Gasteiger charge is 2.16. The number of rotatable bonds is 5. The van der Waals surface area contributed by atoms with E-state index in [1.54, 1.807) is 6.07 Å². The van der Waals surface area contributed by atoms with Gasteiger partial charge >= 0.3 is 10.3 Å². The summed E-state index contributed by atoms with van der Waals surface area (Å²) in [4.78, 5) is 0. The van der Waals surface area contributed by atoms with Gasteiger partial charge in [0.15, 0.2) is 5.75 Å². The summed E-state index contributed by atoms with van der Waals surface area (Å²) in [5.74, 6) is 1.04. The predicted molar refractivity (Wildman–Crippen MR) is 62.8 cm³/mol. The van der Waals surface area contributed by atoms with Crippen LogP contribution in [0.4, 0.5) is 0 Å². The van der Waals surface area contributed by atoms with E-state index in [9.17, 15) is 8.42 Å². The van der Waals surface area contributed by atoms with Crippen LogP contribution in [0.1, 0.15) is 0 Å². The Bertz CT molecular complexity index is 461. The summed E-state index contributed by atoms with van der Waals surface area (Å²) in [6, 6.07) is 4.54. The minimum absolute atomic E-state index is 0.134. The largest absolute Gasteiger partial charge is 0.496 e. The smallest absolute Gasteiger partial charge is 0.384 e. The average molecular weight is 261 g/mol. The van der Waals surface area contributed by atoms with Crippen molar-refractivity contribution in [3.63, 3.8) is 0 Å². The molecule has 0 heterocycles. The van der Waals surface area contributed by atoms with Crippen LogP contribution in [0.3, 0.4) is 0 Å². The molecule has 0 aliphatic carbocycles. The normalized spacial score (nSPS) is 11.4. The first-order valence-corrected chi connectivity index (χ1v) is 6.10. The van der Waals surface area contributed by atoms with Gasteiger partial charge in [-0.25, -0.2) is 0 Å². The molecule has 0 saturated carbocycles. The van der Waals surface area contributed by atoms with Gasteiger partial charge in [-0.05, 0) is 0 Å².